The molecule has 1 aromatic heterocycles. The molecular weight excluding hydrogens is 346 g/mol. The van der Waals surface area contributed by atoms with Gasteiger partial charge in [-0.2, -0.15) is 0 Å². The number of anilines is 1. The van der Waals surface area contributed by atoms with Gasteiger partial charge in [-0.15, -0.1) is 0 Å². The van der Waals surface area contributed by atoms with E-state index in [1.807, 2.05) is 26.2 Å². The Bertz CT molecular complexity index is 969. The van der Waals surface area contributed by atoms with Gasteiger partial charge in [-0.05, 0) is 55.0 Å². The van der Waals surface area contributed by atoms with Gasteiger partial charge >= 0.3 is 0 Å². The number of hydrogen-bond donors (Lipinski definition) is 1. The third-order valence-electron chi connectivity index (χ3n) is 5.75. The molecule has 0 fully saturated rings. The van der Waals surface area contributed by atoms with Crippen LogP contribution in [0.25, 0.3) is 10.9 Å². The van der Waals surface area contributed by atoms with Crippen LogP contribution < -0.4 is 10.2 Å². The first-order chi connectivity index (χ1) is 13.6. The summed E-state index contributed by atoms with van der Waals surface area (Å²) in [7, 11) is 4.04. The molecule has 0 bridgehead atoms. The molecule has 0 radical (unpaired) electrons. The van der Waals surface area contributed by atoms with Crippen LogP contribution >= 0.6 is 0 Å². The van der Waals surface area contributed by atoms with Gasteiger partial charge in [0.05, 0.1) is 6.42 Å². The van der Waals surface area contributed by atoms with E-state index in [4.69, 9.17) is 0 Å². The molecule has 1 aliphatic heterocycles. The molecule has 146 valence electrons. The van der Waals surface area contributed by atoms with E-state index in [2.05, 4.69) is 51.2 Å². The molecule has 28 heavy (non-hydrogen) atoms. The van der Waals surface area contributed by atoms with Crippen LogP contribution in [0.15, 0.2) is 48.5 Å². The Morgan fingerprint density at radius 3 is 2.64 bits per heavy atom. The SMILES string of the molecule is CN(C)c1ccc(CC(=O)NCCc2c3n(c4ccccc24)CCCC3)cc1. The first-order valence-corrected chi connectivity index (χ1v) is 10.3. The standard InChI is InChI=1S/C24H29N3O/c1-26(2)19-12-10-18(11-13-19)17-24(28)25-15-14-21-20-7-3-4-8-22(20)27-16-6-5-9-23(21)27/h3-4,7-8,10-13H,5-6,9,14-17H2,1-2H3,(H,25,28). The quantitative estimate of drug-likeness (QED) is 0.708. The van der Waals surface area contributed by atoms with Gasteiger partial charge in [0, 0.05) is 49.5 Å². The molecule has 1 amide bonds. The second kappa shape index (κ2) is 8.09. The van der Waals surface area contributed by atoms with E-state index >= 15 is 0 Å². The molecular formula is C24H29N3O. The van der Waals surface area contributed by atoms with E-state index < -0.39 is 0 Å². The van der Waals surface area contributed by atoms with Gasteiger partial charge in [0.15, 0.2) is 0 Å². The number of rotatable bonds is 6. The topological polar surface area (TPSA) is 37.3 Å². The number of aromatic nitrogens is 1. The number of nitrogens with one attached hydrogen (secondary N) is 1. The van der Waals surface area contributed by atoms with Gasteiger partial charge in [-0.1, -0.05) is 30.3 Å². The smallest absolute Gasteiger partial charge is 0.224 e. The summed E-state index contributed by atoms with van der Waals surface area (Å²) in [6, 6.07) is 16.9. The maximum atomic E-state index is 12.4. The molecule has 1 N–H and O–H groups in total. The highest BCUT2D eigenvalue weighted by Gasteiger charge is 2.19. The summed E-state index contributed by atoms with van der Waals surface area (Å²) in [4.78, 5) is 14.4. The van der Waals surface area contributed by atoms with Gasteiger partial charge < -0.3 is 14.8 Å². The minimum atomic E-state index is 0.0926. The van der Waals surface area contributed by atoms with E-state index in [1.165, 1.54) is 35.0 Å². The molecule has 0 unspecified atom stereocenters. The van der Waals surface area contributed by atoms with Crippen molar-refractivity contribution in [3.05, 3.63) is 65.4 Å². The minimum Gasteiger partial charge on any atom is -0.378 e. The van der Waals surface area contributed by atoms with E-state index in [0.29, 0.717) is 13.0 Å². The van der Waals surface area contributed by atoms with E-state index in [0.717, 1.165) is 30.6 Å². The average Bonchev–Trinajstić information content (AvgIpc) is 3.03. The fourth-order valence-electron chi connectivity index (χ4n) is 4.30. The molecule has 4 nitrogen and oxygen atoms in total. The van der Waals surface area contributed by atoms with E-state index in [9.17, 15) is 4.79 Å². The van der Waals surface area contributed by atoms with Gasteiger partial charge in [-0.25, -0.2) is 0 Å². The Kier molecular flexibility index (Phi) is 5.38. The number of aryl methyl sites for hydroxylation is 1. The zero-order valence-electron chi connectivity index (χ0n) is 16.9. The molecule has 0 saturated carbocycles. The van der Waals surface area contributed by atoms with Crippen LogP contribution in [0, 0.1) is 0 Å². The Morgan fingerprint density at radius 2 is 1.86 bits per heavy atom. The van der Waals surface area contributed by atoms with Gasteiger partial charge in [0.2, 0.25) is 5.91 Å². The molecule has 0 aliphatic carbocycles. The van der Waals surface area contributed by atoms with Crippen molar-refractivity contribution < 1.29 is 4.79 Å². The summed E-state index contributed by atoms with van der Waals surface area (Å²) in [5.74, 6) is 0.0926. The van der Waals surface area contributed by atoms with Crippen LogP contribution in [-0.4, -0.2) is 31.1 Å². The molecule has 2 aromatic carbocycles. The molecule has 1 aliphatic rings. The normalized spacial score (nSPS) is 13.4. The number of amides is 1. The summed E-state index contributed by atoms with van der Waals surface area (Å²) in [5.41, 5.74) is 6.44. The fraction of sp³-hybridized carbons (Fsp3) is 0.375. The predicted octanol–water partition coefficient (Wildman–Crippen LogP) is 3.95. The molecule has 4 rings (SSSR count). The number of para-hydroxylation sites is 1. The van der Waals surface area contributed by atoms with Crippen molar-refractivity contribution in [1.82, 2.24) is 9.88 Å². The van der Waals surface area contributed by atoms with Crippen molar-refractivity contribution in [2.45, 2.75) is 38.6 Å². The number of fused-ring (bicyclic) bond motifs is 3. The highest BCUT2D eigenvalue weighted by atomic mass is 16.1. The fourth-order valence-corrected chi connectivity index (χ4v) is 4.30. The van der Waals surface area contributed by atoms with Gasteiger partial charge in [0.25, 0.3) is 0 Å². The Hall–Kier alpha value is -2.75. The van der Waals surface area contributed by atoms with Crippen molar-refractivity contribution in [1.29, 1.82) is 0 Å². The third kappa shape index (κ3) is 3.77. The molecule has 0 atom stereocenters. The number of carbonyl (C=O) groups is 1. The lowest BCUT2D eigenvalue weighted by atomic mass is 10.0. The molecule has 2 heterocycles. The lowest BCUT2D eigenvalue weighted by Gasteiger charge is -2.17. The van der Waals surface area contributed by atoms with E-state index in [-0.39, 0.29) is 5.91 Å². The lowest BCUT2D eigenvalue weighted by Crippen LogP contribution is -2.27. The second-order valence-corrected chi connectivity index (χ2v) is 7.89. The average molecular weight is 376 g/mol. The van der Waals surface area contributed by atoms with Crippen LogP contribution in [0.2, 0.25) is 0 Å². The highest BCUT2D eigenvalue weighted by molar-refractivity contribution is 5.86. The number of nitrogens with zero attached hydrogens (tertiary/aromatic N) is 2. The third-order valence-corrected chi connectivity index (χ3v) is 5.75. The molecule has 4 heteroatoms. The Morgan fingerprint density at radius 1 is 1.07 bits per heavy atom. The first kappa shape index (κ1) is 18.6. The summed E-state index contributed by atoms with van der Waals surface area (Å²) in [6.45, 7) is 1.81. The number of carbonyl (C=O) groups excluding carboxylic acids is 1. The molecule has 0 saturated heterocycles. The van der Waals surface area contributed by atoms with Crippen LogP contribution in [0.1, 0.15) is 29.7 Å². The highest BCUT2D eigenvalue weighted by Crippen LogP contribution is 2.30. The largest absolute Gasteiger partial charge is 0.378 e. The van der Waals surface area contributed by atoms with Gasteiger partial charge in [-0.3, -0.25) is 4.79 Å². The predicted molar refractivity (Wildman–Crippen MR) is 116 cm³/mol. The maximum absolute atomic E-state index is 12.4. The van der Waals surface area contributed by atoms with Crippen molar-refractivity contribution in [3.8, 4) is 0 Å². The maximum Gasteiger partial charge on any atom is 0.224 e. The first-order valence-electron chi connectivity index (χ1n) is 10.3. The second-order valence-electron chi connectivity index (χ2n) is 7.89. The van der Waals surface area contributed by atoms with Crippen LogP contribution in [0.5, 0.6) is 0 Å². The zero-order valence-corrected chi connectivity index (χ0v) is 16.9. The Balaban J connectivity index is 1.39. The van der Waals surface area contributed by atoms with Crippen LogP contribution in [0.4, 0.5) is 5.69 Å². The van der Waals surface area contributed by atoms with Crippen molar-refractivity contribution in [3.63, 3.8) is 0 Å². The van der Waals surface area contributed by atoms with Crippen molar-refractivity contribution in [2.75, 3.05) is 25.5 Å². The number of hydrogen-bond acceptors (Lipinski definition) is 2. The van der Waals surface area contributed by atoms with E-state index in [1.54, 1.807) is 0 Å². The minimum absolute atomic E-state index is 0.0926. The van der Waals surface area contributed by atoms with Crippen molar-refractivity contribution >= 4 is 22.5 Å². The number of benzene rings is 2. The molecule has 3 aromatic rings. The summed E-state index contributed by atoms with van der Waals surface area (Å²) >= 11 is 0. The lowest BCUT2D eigenvalue weighted by molar-refractivity contribution is -0.120. The van der Waals surface area contributed by atoms with Crippen LogP contribution in [-0.2, 0) is 30.6 Å². The van der Waals surface area contributed by atoms with Crippen LogP contribution in [0.3, 0.4) is 0 Å². The summed E-state index contributed by atoms with van der Waals surface area (Å²) in [6.07, 6.45) is 5.00. The monoisotopic (exact) mass is 375 g/mol. The summed E-state index contributed by atoms with van der Waals surface area (Å²) < 4.78 is 2.49. The Labute approximate surface area is 167 Å². The molecule has 0 spiro atoms. The van der Waals surface area contributed by atoms with Gasteiger partial charge in [0.1, 0.15) is 0 Å². The zero-order chi connectivity index (χ0) is 19.5. The van der Waals surface area contributed by atoms with Crippen molar-refractivity contribution in [2.24, 2.45) is 0 Å². The summed E-state index contributed by atoms with van der Waals surface area (Å²) in [5, 5.41) is 4.47.